The van der Waals surface area contributed by atoms with Gasteiger partial charge in [-0.25, -0.2) is 15.8 Å². The van der Waals surface area contributed by atoms with Crippen molar-refractivity contribution in [1.82, 2.24) is 9.97 Å². The van der Waals surface area contributed by atoms with Gasteiger partial charge in [0.05, 0.1) is 0 Å². The van der Waals surface area contributed by atoms with Gasteiger partial charge in [-0.15, -0.1) is 11.8 Å². The predicted octanol–water partition coefficient (Wildman–Crippen LogP) is 3.02. The van der Waals surface area contributed by atoms with Crippen LogP contribution in [-0.4, -0.2) is 9.97 Å². The molecular formula is C12H13ClN4S. The molecule has 0 unspecified atom stereocenters. The van der Waals surface area contributed by atoms with Gasteiger partial charge in [0.25, 0.3) is 0 Å². The van der Waals surface area contributed by atoms with Crippen LogP contribution in [-0.2, 0) is 5.75 Å². The number of anilines is 1. The molecule has 18 heavy (non-hydrogen) atoms. The second kappa shape index (κ2) is 6.04. The van der Waals surface area contributed by atoms with Crippen molar-refractivity contribution in [3.63, 3.8) is 0 Å². The lowest BCUT2D eigenvalue weighted by atomic mass is 10.2. The quantitative estimate of drug-likeness (QED) is 0.390. The molecule has 0 aliphatic carbocycles. The molecule has 1 aromatic carbocycles. The fraction of sp³-hybridized carbons (Fsp3) is 0.167. The Balaban J connectivity index is 2.11. The first-order valence-electron chi connectivity index (χ1n) is 5.37. The number of halogens is 1. The molecule has 0 spiro atoms. The standard InChI is InChI=1S/C12H13ClN4S/c1-8-6-11(16-12(15-8)17-14)18-7-9-4-2-3-5-10(9)13/h2-6H,7,14H2,1H3,(H,15,16,17). The lowest BCUT2D eigenvalue weighted by molar-refractivity contribution is 0.994. The Hall–Kier alpha value is -1.30. The maximum absolute atomic E-state index is 6.10. The van der Waals surface area contributed by atoms with Crippen molar-refractivity contribution in [2.24, 2.45) is 5.84 Å². The Labute approximate surface area is 115 Å². The van der Waals surface area contributed by atoms with E-state index in [2.05, 4.69) is 15.4 Å². The van der Waals surface area contributed by atoms with E-state index < -0.39 is 0 Å². The van der Waals surface area contributed by atoms with E-state index in [1.54, 1.807) is 11.8 Å². The summed E-state index contributed by atoms with van der Waals surface area (Å²) in [6.07, 6.45) is 0. The Kier molecular flexibility index (Phi) is 4.41. The molecule has 0 amide bonds. The van der Waals surface area contributed by atoms with Gasteiger partial charge in [-0.3, -0.25) is 5.43 Å². The number of aryl methyl sites for hydroxylation is 1. The van der Waals surface area contributed by atoms with Gasteiger partial charge in [-0.2, -0.15) is 0 Å². The number of hydrogen-bond acceptors (Lipinski definition) is 5. The third-order valence-electron chi connectivity index (χ3n) is 2.29. The zero-order chi connectivity index (χ0) is 13.0. The minimum Gasteiger partial charge on any atom is -0.292 e. The van der Waals surface area contributed by atoms with Crippen LogP contribution in [0.3, 0.4) is 0 Å². The van der Waals surface area contributed by atoms with E-state index in [0.717, 1.165) is 27.1 Å². The Morgan fingerprint density at radius 2 is 2.11 bits per heavy atom. The molecule has 6 heteroatoms. The molecule has 2 rings (SSSR count). The van der Waals surface area contributed by atoms with Gasteiger partial charge in [0.15, 0.2) is 0 Å². The number of thioether (sulfide) groups is 1. The van der Waals surface area contributed by atoms with Crippen molar-refractivity contribution in [2.45, 2.75) is 17.7 Å². The monoisotopic (exact) mass is 280 g/mol. The van der Waals surface area contributed by atoms with Gasteiger partial charge in [0.2, 0.25) is 5.95 Å². The van der Waals surface area contributed by atoms with Gasteiger partial charge >= 0.3 is 0 Å². The van der Waals surface area contributed by atoms with Gasteiger partial charge in [0.1, 0.15) is 5.03 Å². The van der Waals surface area contributed by atoms with Crippen LogP contribution in [0, 0.1) is 6.92 Å². The molecule has 0 aliphatic heterocycles. The van der Waals surface area contributed by atoms with Crippen LogP contribution in [0.2, 0.25) is 5.02 Å². The van der Waals surface area contributed by atoms with E-state index in [-0.39, 0.29) is 0 Å². The van der Waals surface area contributed by atoms with Crippen molar-refractivity contribution in [3.8, 4) is 0 Å². The van der Waals surface area contributed by atoms with Crippen molar-refractivity contribution < 1.29 is 0 Å². The minimum atomic E-state index is 0.427. The number of rotatable bonds is 4. The van der Waals surface area contributed by atoms with Crippen molar-refractivity contribution in [3.05, 3.63) is 46.6 Å². The van der Waals surface area contributed by atoms with Crippen LogP contribution in [0.5, 0.6) is 0 Å². The van der Waals surface area contributed by atoms with Crippen LogP contribution in [0.25, 0.3) is 0 Å². The third kappa shape index (κ3) is 3.35. The van der Waals surface area contributed by atoms with Gasteiger partial charge in [0, 0.05) is 16.5 Å². The summed E-state index contributed by atoms with van der Waals surface area (Å²) in [5, 5.41) is 1.64. The second-order valence-corrected chi connectivity index (χ2v) is 5.10. The third-order valence-corrected chi connectivity index (χ3v) is 3.62. The van der Waals surface area contributed by atoms with Crippen molar-refractivity contribution >= 4 is 29.3 Å². The summed E-state index contributed by atoms with van der Waals surface area (Å²) in [7, 11) is 0. The Morgan fingerprint density at radius 1 is 1.33 bits per heavy atom. The van der Waals surface area contributed by atoms with E-state index in [0.29, 0.717) is 5.95 Å². The van der Waals surface area contributed by atoms with Crippen LogP contribution >= 0.6 is 23.4 Å². The fourth-order valence-electron chi connectivity index (χ4n) is 1.45. The highest BCUT2D eigenvalue weighted by atomic mass is 35.5. The lowest BCUT2D eigenvalue weighted by Gasteiger charge is -2.06. The number of nitrogen functional groups attached to an aromatic ring is 1. The van der Waals surface area contributed by atoms with E-state index in [1.165, 1.54) is 0 Å². The summed E-state index contributed by atoms with van der Waals surface area (Å²) >= 11 is 7.70. The number of hydrogen-bond donors (Lipinski definition) is 2. The highest BCUT2D eigenvalue weighted by Crippen LogP contribution is 2.26. The van der Waals surface area contributed by atoms with Gasteiger partial charge < -0.3 is 0 Å². The fourth-order valence-corrected chi connectivity index (χ4v) is 2.69. The normalized spacial score (nSPS) is 10.4. The average molecular weight is 281 g/mol. The summed E-state index contributed by atoms with van der Waals surface area (Å²) in [6, 6.07) is 9.70. The lowest BCUT2D eigenvalue weighted by Crippen LogP contribution is -2.11. The molecule has 0 aliphatic rings. The largest absolute Gasteiger partial charge is 0.292 e. The molecule has 0 radical (unpaired) electrons. The van der Waals surface area contributed by atoms with Gasteiger partial charge in [-0.1, -0.05) is 29.8 Å². The Morgan fingerprint density at radius 3 is 2.83 bits per heavy atom. The van der Waals surface area contributed by atoms with E-state index in [1.807, 2.05) is 37.3 Å². The molecule has 1 heterocycles. The smallest absolute Gasteiger partial charge is 0.238 e. The molecule has 2 aromatic rings. The van der Waals surface area contributed by atoms with Crippen molar-refractivity contribution in [1.29, 1.82) is 0 Å². The maximum Gasteiger partial charge on any atom is 0.238 e. The van der Waals surface area contributed by atoms with E-state index in [4.69, 9.17) is 17.4 Å². The maximum atomic E-state index is 6.10. The van der Waals surface area contributed by atoms with Crippen LogP contribution < -0.4 is 11.3 Å². The molecule has 4 nitrogen and oxygen atoms in total. The predicted molar refractivity (Wildman–Crippen MR) is 75.6 cm³/mol. The molecule has 3 N–H and O–H groups in total. The topological polar surface area (TPSA) is 63.8 Å². The first kappa shape index (κ1) is 13.1. The van der Waals surface area contributed by atoms with Crippen LogP contribution in [0.15, 0.2) is 35.4 Å². The van der Waals surface area contributed by atoms with Gasteiger partial charge in [-0.05, 0) is 24.6 Å². The summed E-state index contributed by atoms with van der Waals surface area (Å²) in [5.41, 5.74) is 4.42. The summed E-state index contributed by atoms with van der Waals surface area (Å²) in [4.78, 5) is 8.41. The first-order chi connectivity index (χ1) is 8.69. The summed E-state index contributed by atoms with van der Waals surface area (Å²) in [5.74, 6) is 6.51. The highest BCUT2D eigenvalue weighted by Gasteiger charge is 2.04. The Bertz CT molecular complexity index is 547. The summed E-state index contributed by atoms with van der Waals surface area (Å²) in [6.45, 7) is 1.90. The molecule has 0 saturated heterocycles. The van der Waals surface area contributed by atoms with E-state index >= 15 is 0 Å². The average Bonchev–Trinajstić information content (AvgIpc) is 2.37. The minimum absolute atomic E-state index is 0.427. The summed E-state index contributed by atoms with van der Waals surface area (Å²) < 4.78 is 0. The van der Waals surface area contributed by atoms with Crippen LogP contribution in [0.1, 0.15) is 11.3 Å². The molecule has 0 fully saturated rings. The molecule has 0 atom stereocenters. The number of aromatic nitrogens is 2. The zero-order valence-corrected chi connectivity index (χ0v) is 11.4. The SMILES string of the molecule is Cc1cc(SCc2ccccc2Cl)nc(NN)n1. The molecule has 94 valence electrons. The zero-order valence-electron chi connectivity index (χ0n) is 9.85. The molecule has 0 bridgehead atoms. The molecular weight excluding hydrogens is 268 g/mol. The second-order valence-electron chi connectivity index (χ2n) is 3.70. The number of benzene rings is 1. The van der Waals surface area contributed by atoms with Crippen LogP contribution in [0.4, 0.5) is 5.95 Å². The molecule has 1 aromatic heterocycles. The first-order valence-corrected chi connectivity index (χ1v) is 6.74. The molecule has 0 saturated carbocycles. The highest BCUT2D eigenvalue weighted by molar-refractivity contribution is 7.98. The van der Waals surface area contributed by atoms with E-state index in [9.17, 15) is 0 Å². The van der Waals surface area contributed by atoms with Crippen molar-refractivity contribution in [2.75, 3.05) is 5.43 Å². The number of nitrogens with zero attached hydrogens (tertiary/aromatic N) is 2. The number of nitrogens with two attached hydrogens (primary N) is 1. The number of nitrogens with one attached hydrogen (secondary N) is 1. The number of hydrazine groups is 1.